The van der Waals surface area contributed by atoms with Crippen LogP contribution >= 0.6 is 0 Å². The number of nitrogens with zero attached hydrogens (tertiary/aromatic N) is 1. The molecule has 0 bridgehead atoms. The highest BCUT2D eigenvalue weighted by Gasteiger charge is 2.24. The highest BCUT2D eigenvalue weighted by molar-refractivity contribution is 5.77. The standard InChI is InChI=1S/C11H19NO2/c1-3-4-11(14)12-7-5-10(6-8-12)9(2)13/h3,9-10,13H,1,4-8H2,2H3. The Morgan fingerprint density at radius 1 is 1.64 bits per heavy atom. The fourth-order valence-electron chi connectivity index (χ4n) is 1.88. The van der Waals surface area contributed by atoms with Gasteiger partial charge in [0.1, 0.15) is 0 Å². The predicted molar refractivity (Wildman–Crippen MR) is 55.8 cm³/mol. The molecule has 0 aromatic rings. The monoisotopic (exact) mass is 197 g/mol. The van der Waals surface area contributed by atoms with Gasteiger partial charge in [-0.2, -0.15) is 0 Å². The summed E-state index contributed by atoms with van der Waals surface area (Å²) in [4.78, 5) is 13.3. The Balaban J connectivity index is 2.35. The molecule has 1 fully saturated rings. The SMILES string of the molecule is C=CCC(=O)N1CCC(C(C)O)CC1. The minimum Gasteiger partial charge on any atom is -0.393 e. The first-order valence-electron chi connectivity index (χ1n) is 5.22. The highest BCUT2D eigenvalue weighted by atomic mass is 16.3. The van der Waals surface area contributed by atoms with Crippen LogP contribution in [0.5, 0.6) is 0 Å². The summed E-state index contributed by atoms with van der Waals surface area (Å²) in [7, 11) is 0. The molecule has 0 aliphatic carbocycles. The molecular weight excluding hydrogens is 178 g/mol. The van der Waals surface area contributed by atoms with Gasteiger partial charge in [0.05, 0.1) is 6.10 Å². The van der Waals surface area contributed by atoms with Crippen LogP contribution < -0.4 is 0 Å². The summed E-state index contributed by atoms with van der Waals surface area (Å²) in [5.41, 5.74) is 0. The van der Waals surface area contributed by atoms with Gasteiger partial charge in [0.2, 0.25) is 5.91 Å². The molecule has 0 radical (unpaired) electrons. The van der Waals surface area contributed by atoms with E-state index in [1.807, 2.05) is 11.8 Å². The number of rotatable bonds is 3. The number of amides is 1. The van der Waals surface area contributed by atoms with Crippen LogP contribution in [0.2, 0.25) is 0 Å². The molecule has 1 amide bonds. The molecule has 0 spiro atoms. The summed E-state index contributed by atoms with van der Waals surface area (Å²) in [6.07, 6.45) is 3.66. The zero-order valence-corrected chi connectivity index (χ0v) is 8.78. The Morgan fingerprint density at radius 2 is 2.21 bits per heavy atom. The Morgan fingerprint density at radius 3 is 2.64 bits per heavy atom. The Bertz CT molecular complexity index is 205. The van der Waals surface area contributed by atoms with Gasteiger partial charge in [0.25, 0.3) is 0 Å². The van der Waals surface area contributed by atoms with E-state index in [4.69, 9.17) is 0 Å². The first kappa shape index (κ1) is 11.2. The Kier molecular flexibility index (Phi) is 4.14. The summed E-state index contributed by atoms with van der Waals surface area (Å²) < 4.78 is 0. The minimum absolute atomic E-state index is 0.157. The first-order valence-corrected chi connectivity index (χ1v) is 5.22. The van der Waals surface area contributed by atoms with Crippen LogP contribution in [-0.4, -0.2) is 35.1 Å². The number of hydrogen-bond donors (Lipinski definition) is 1. The van der Waals surface area contributed by atoms with Crippen LogP contribution in [0.25, 0.3) is 0 Å². The first-order chi connectivity index (χ1) is 6.65. The molecule has 80 valence electrons. The lowest BCUT2D eigenvalue weighted by Gasteiger charge is -2.33. The van der Waals surface area contributed by atoms with Crippen molar-refractivity contribution in [3.05, 3.63) is 12.7 Å². The lowest BCUT2D eigenvalue weighted by molar-refractivity contribution is -0.132. The molecule has 3 nitrogen and oxygen atoms in total. The van der Waals surface area contributed by atoms with Gasteiger partial charge in [-0.05, 0) is 25.7 Å². The van der Waals surface area contributed by atoms with E-state index < -0.39 is 0 Å². The van der Waals surface area contributed by atoms with Crippen molar-refractivity contribution in [3.8, 4) is 0 Å². The number of aliphatic hydroxyl groups excluding tert-OH is 1. The summed E-state index contributed by atoms with van der Waals surface area (Å²) >= 11 is 0. The maximum atomic E-state index is 11.5. The van der Waals surface area contributed by atoms with Gasteiger partial charge >= 0.3 is 0 Å². The Hall–Kier alpha value is -0.830. The minimum atomic E-state index is -0.244. The molecule has 1 rings (SSSR count). The fraction of sp³-hybridized carbons (Fsp3) is 0.727. The van der Waals surface area contributed by atoms with E-state index in [1.54, 1.807) is 6.08 Å². The summed E-state index contributed by atoms with van der Waals surface area (Å²) in [6.45, 7) is 6.94. The van der Waals surface area contributed by atoms with E-state index >= 15 is 0 Å². The van der Waals surface area contributed by atoms with Gasteiger partial charge in [-0.3, -0.25) is 4.79 Å². The molecule has 1 unspecified atom stereocenters. The highest BCUT2D eigenvalue weighted by Crippen LogP contribution is 2.20. The third-order valence-corrected chi connectivity index (χ3v) is 2.89. The second kappa shape index (κ2) is 5.15. The molecule has 1 heterocycles. The molecule has 3 heteroatoms. The molecule has 0 aromatic carbocycles. The van der Waals surface area contributed by atoms with E-state index in [2.05, 4.69) is 6.58 Å². The number of piperidine rings is 1. The van der Waals surface area contributed by atoms with Crippen molar-refractivity contribution in [2.24, 2.45) is 5.92 Å². The predicted octanol–water partition coefficient (Wildman–Crippen LogP) is 1.18. The largest absolute Gasteiger partial charge is 0.393 e. The van der Waals surface area contributed by atoms with Crippen LogP contribution in [-0.2, 0) is 4.79 Å². The van der Waals surface area contributed by atoms with Crippen molar-refractivity contribution < 1.29 is 9.90 Å². The molecule has 1 saturated heterocycles. The number of hydrogen-bond acceptors (Lipinski definition) is 2. The molecule has 0 aromatic heterocycles. The van der Waals surface area contributed by atoms with Crippen LogP contribution in [0.15, 0.2) is 12.7 Å². The smallest absolute Gasteiger partial charge is 0.226 e. The average molecular weight is 197 g/mol. The topological polar surface area (TPSA) is 40.5 Å². The lowest BCUT2D eigenvalue weighted by atomic mass is 9.92. The van der Waals surface area contributed by atoms with Gasteiger partial charge in [-0.1, -0.05) is 6.08 Å². The van der Waals surface area contributed by atoms with Crippen LogP contribution in [0.3, 0.4) is 0 Å². The van der Waals surface area contributed by atoms with Crippen LogP contribution in [0.4, 0.5) is 0 Å². The normalized spacial score (nSPS) is 20.6. The Labute approximate surface area is 85.4 Å². The lowest BCUT2D eigenvalue weighted by Crippen LogP contribution is -2.40. The van der Waals surface area contributed by atoms with Gasteiger partial charge in [-0.25, -0.2) is 0 Å². The van der Waals surface area contributed by atoms with Gasteiger partial charge in [0, 0.05) is 19.5 Å². The van der Waals surface area contributed by atoms with E-state index in [0.29, 0.717) is 12.3 Å². The van der Waals surface area contributed by atoms with E-state index in [1.165, 1.54) is 0 Å². The molecular formula is C11H19NO2. The summed E-state index contributed by atoms with van der Waals surface area (Å²) in [5.74, 6) is 0.520. The van der Waals surface area contributed by atoms with Crippen molar-refractivity contribution in [3.63, 3.8) is 0 Å². The second-order valence-corrected chi connectivity index (χ2v) is 3.95. The third kappa shape index (κ3) is 2.84. The summed E-state index contributed by atoms with van der Waals surface area (Å²) in [6, 6.07) is 0. The van der Waals surface area contributed by atoms with Gasteiger partial charge < -0.3 is 10.0 Å². The molecule has 1 N–H and O–H groups in total. The second-order valence-electron chi connectivity index (χ2n) is 3.95. The van der Waals surface area contributed by atoms with Crippen LogP contribution in [0.1, 0.15) is 26.2 Å². The van der Waals surface area contributed by atoms with E-state index in [-0.39, 0.29) is 12.0 Å². The van der Waals surface area contributed by atoms with Crippen molar-refractivity contribution in [2.75, 3.05) is 13.1 Å². The number of likely N-dealkylation sites (tertiary alicyclic amines) is 1. The van der Waals surface area contributed by atoms with Gasteiger partial charge in [-0.15, -0.1) is 6.58 Å². The molecule has 0 saturated carbocycles. The number of carbonyl (C=O) groups excluding carboxylic acids is 1. The van der Waals surface area contributed by atoms with Crippen LogP contribution in [0, 0.1) is 5.92 Å². The number of carbonyl (C=O) groups is 1. The molecule has 1 aliphatic heterocycles. The fourth-order valence-corrected chi connectivity index (χ4v) is 1.88. The molecule has 1 aliphatic rings. The van der Waals surface area contributed by atoms with Gasteiger partial charge in [0.15, 0.2) is 0 Å². The zero-order chi connectivity index (χ0) is 10.6. The quantitative estimate of drug-likeness (QED) is 0.690. The van der Waals surface area contributed by atoms with E-state index in [9.17, 15) is 9.90 Å². The maximum Gasteiger partial charge on any atom is 0.226 e. The number of aliphatic hydroxyl groups is 1. The van der Waals surface area contributed by atoms with Crippen molar-refractivity contribution >= 4 is 5.91 Å². The third-order valence-electron chi connectivity index (χ3n) is 2.89. The summed E-state index contributed by atoms with van der Waals surface area (Å²) in [5, 5.41) is 9.39. The van der Waals surface area contributed by atoms with Crippen molar-refractivity contribution in [2.45, 2.75) is 32.3 Å². The van der Waals surface area contributed by atoms with Crippen molar-refractivity contribution in [1.29, 1.82) is 0 Å². The average Bonchev–Trinajstić information content (AvgIpc) is 2.18. The molecule has 14 heavy (non-hydrogen) atoms. The maximum absolute atomic E-state index is 11.5. The van der Waals surface area contributed by atoms with E-state index in [0.717, 1.165) is 25.9 Å². The molecule has 1 atom stereocenters. The zero-order valence-electron chi connectivity index (χ0n) is 8.78. The van der Waals surface area contributed by atoms with Crippen molar-refractivity contribution in [1.82, 2.24) is 4.90 Å².